The van der Waals surface area contributed by atoms with Gasteiger partial charge in [0.25, 0.3) is 0 Å². The lowest BCUT2D eigenvalue weighted by atomic mass is 10.1. The van der Waals surface area contributed by atoms with Crippen LogP contribution in [0.3, 0.4) is 0 Å². The Kier molecular flexibility index (Phi) is 9.80. The van der Waals surface area contributed by atoms with Crippen LogP contribution in [0.2, 0.25) is 0 Å². The van der Waals surface area contributed by atoms with Crippen molar-refractivity contribution in [1.82, 2.24) is 0 Å². The second-order valence-electron chi connectivity index (χ2n) is 6.12. The zero-order valence-electron chi connectivity index (χ0n) is 13.8. The smallest absolute Gasteiger partial charge is 0.303 e. The number of carboxylic acids is 1. The van der Waals surface area contributed by atoms with E-state index in [4.69, 9.17) is 9.84 Å². The Morgan fingerprint density at radius 1 is 1.00 bits per heavy atom. The van der Waals surface area contributed by atoms with Gasteiger partial charge in [0.2, 0.25) is 0 Å². The summed E-state index contributed by atoms with van der Waals surface area (Å²) in [6, 6.07) is 0. The van der Waals surface area contributed by atoms with Gasteiger partial charge in [-0.2, -0.15) is 0 Å². The number of ether oxygens (including phenoxy) is 1. The first-order valence-electron chi connectivity index (χ1n) is 8.71. The summed E-state index contributed by atoms with van der Waals surface area (Å²) >= 11 is 0. The van der Waals surface area contributed by atoms with E-state index in [0.29, 0.717) is 12.5 Å². The van der Waals surface area contributed by atoms with Gasteiger partial charge in [0.1, 0.15) is 6.10 Å². The van der Waals surface area contributed by atoms with Crippen molar-refractivity contribution in [2.45, 2.75) is 89.8 Å². The number of carbonyl (C=O) groups is 2. The highest BCUT2D eigenvalue weighted by atomic mass is 16.6. The van der Waals surface area contributed by atoms with Gasteiger partial charge in [-0.25, -0.2) is 0 Å². The first kappa shape index (κ1) is 18.9. The highest BCUT2D eigenvalue weighted by Gasteiger charge is 2.35. The van der Waals surface area contributed by atoms with Crippen molar-refractivity contribution >= 4 is 11.8 Å². The molecule has 126 valence electrons. The lowest BCUT2D eigenvalue weighted by molar-refractivity contribution is -0.137. The molecule has 1 N–H and O–H groups in total. The van der Waals surface area contributed by atoms with E-state index in [0.717, 1.165) is 57.8 Å². The van der Waals surface area contributed by atoms with Crippen molar-refractivity contribution in [3.05, 3.63) is 12.2 Å². The van der Waals surface area contributed by atoms with Gasteiger partial charge in [-0.05, 0) is 31.4 Å². The van der Waals surface area contributed by atoms with Crippen molar-refractivity contribution < 1.29 is 19.4 Å². The topological polar surface area (TPSA) is 66.9 Å². The molecule has 0 aromatic carbocycles. The zero-order valence-corrected chi connectivity index (χ0v) is 13.8. The Morgan fingerprint density at radius 3 is 2.41 bits per heavy atom. The second-order valence-corrected chi connectivity index (χ2v) is 6.12. The molecule has 4 nitrogen and oxygen atoms in total. The monoisotopic (exact) mass is 310 g/mol. The van der Waals surface area contributed by atoms with Gasteiger partial charge >= 0.3 is 5.97 Å². The summed E-state index contributed by atoms with van der Waals surface area (Å²) in [6.45, 7) is 2.13. The molecular formula is C18H30O4. The van der Waals surface area contributed by atoms with Crippen molar-refractivity contribution in [2.24, 2.45) is 0 Å². The molecule has 1 saturated heterocycles. The summed E-state index contributed by atoms with van der Waals surface area (Å²) in [6.07, 6.45) is 14.4. The Bertz CT molecular complexity index is 362. The van der Waals surface area contributed by atoms with Crippen molar-refractivity contribution in [2.75, 3.05) is 0 Å². The summed E-state index contributed by atoms with van der Waals surface area (Å²) in [5.74, 6) is -0.494. The van der Waals surface area contributed by atoms with Crippen LogP contribution in [0, 0.1) is 0 Å². The predicted octanol–water partition coefficient (Wildman–Crippen LogP) is 4.27. The molecule has 1 aliphatic rings. The van der Waals surface area contributed by atoms with Gasteiger partial charge in [-0.15, -0.1) is 0 Å². The number of carboxylic acid groups (broad SMARTS) is 1. The molecule has 2 atom stereocenters. The number of epoxide rings is 1. The van der Waals surface area contributed by atoms with Gasteiger partial charge in [0.15, 0.2) is 5.78 Å². The van der Waals surface area contributed by atoms with E-state index < -0.39 is 5.97 Å². The fourth-order valence-corrected chi connectivity index (χ4v) is 2.54. The fourth-order valence-electron chi connectivity index (χ4n) is 2.54. The minimum absolute atomic E-state index is 0.141. The highest BCUT2D eigenvalue weighted by molar-refractivity contribution is 5.89. The molecule has 1 rings (SSSR count). The molecular weight excluding hydrogens is 280 g/mol. The summed E-state index contributed by atoms with van der Waals surface area (Å²) in [7, 11) is 0. The molecule has 4 heteroatoms. The van der Waals surface area contributed by atoms with Crippen LogP contribution in [0.25, 0.3) is 0 Å². The quantitative estimate of drug-likeness (QED) is 0.295. The van der Waals surface area contributed by atoms with Gasteiger partial charge in [0, 0.05) is 12.8 Å². The molecule has 0 radical (unpaired) electrons. The number of ketones is 1. The SMILES string of the molecule is CCCCCC(=O)C=CC1OC1CCCCCCCC(=O)O. The number of aliphatic carboxylic acids is 1. The largest absolute Gasteiger partial charge is 0.481 e. The number of unbranched alkanes of at least 4 members (excludes halogenated alkanes) is 6. The summed E-state index contributed by atoms with van der Waals surface area (Å²) < 4.78 is 5.54. The van der Waals surface area contributed by atoms with E-state index in [9.17, 15) is 9.59 Å². The van der Waals surface area contributed by atoms with Gasteiger partial charge in [0.05, 0.1) is 6.10 Å². The van der Waals surface area contributed by atoms with E-state index in [-0.39, 0.29) is 18.3 Å². The second kappa shape index (κ2) is 11.4. The van der Waals surface area contributed by atoms with Crippen LogP contribution in [0.5, 0.6) is 0 Å². The number of rotatable bonds is 14. The maximum atomic E-state index is 11.6. The average Bonchev–Trinajstić information content (AvgIpc) is 3.22. The normalized spacial score (nSPS) is 20.4. The predicted molar refractivity (Wildman–Crippen MR) is 86.9 cm³/mol. The van der Waals surface area contributed by atoms with Crippen molar-refractivity contribution in [1.29, 1.82) is 0 Å². The van der Waals surface area contributed by atoms with Crippen LogP contribution < -0.4 is 0 Å². The lowest BCUT2D eigenvalue weighted by Gasteiger charge is -1.98. The van der Waals surface area contributed by atoms with Crippen molar-refractivity contribution in [3.63, 3.8) is 0 Å². The number of hydrogen-bond donors (Lipinski definition) is 1. The number of carbonyl (C=O) groups excluding carboxylic acids is 1. The third-order valence-corrected chi connectivity index (χ3v) is 4.00. The summed E-state index contributed by atoms with van der Waals surface area (Å²) in [5, 5.41) is 8.53. The first-order chi connectivity index (χ1) is 10.6. The molecule has 0 spiro atoms. The molecule has 22 heavy (non-hydrogen) atoms. The van der Waals surface area contributed by atoms with Crippen molar-refractivity contribution in [3.8, 4) is 0 Å². The van der Waals surface area contributed by atoms with Crippen LogP contribution in [-0.4, -0.2) is 29.1 Å². The molecule has 0 aliphatic carbocycles. The van der Waals surface area contributed by atoms with E-state index in [1.165, 1.54) is 0 Å². The molecule has 1 heterocycles. The average molecular weight is 310 g/mol. The molecule has 0 bridgehead atoms. The summed E-state index contributed by atoms with van der Waals surface area (Å²) in [4.78, 5) is 21.9. The molecule has 0 saturated carbocycles. The van der Waals surface area contributed by atoms with Gasteiger partial charge in [-0.3, -0.25) is 9.59 Å². The first-order valence-corrected chi connectivity index (χ1v) is 8.71. The fraction of sp³-hybridized carbons (Fsp3) is 0.778. The van der Waals surface area contributed by atoms with Gasteiger partial charge < -0.3 is 9.84 Å². The van der Waals surface area contributed by atoms with Crippen LogP contribution in [-0.2, 0) is 14.3 Å². The Balaban J connectivity index is 1.93. The van der Waals surface area contributed by atoms with Crippen LogP contribution in [0.4, 0.5) is 0 Å². The standard InChI is InChI=1S/C18H30O4/c1-2-3-7-10-15(19)13-14-17-16(22-17)11-8-5-4-6-9-12-18(20)21/h13-14,16-17H,2-12H2,1H3,(H,20,21). The van der Waals surface area contributed by atoms with E-state index in [2.05, 4.69) is 6.92 Å². The Morgan fingerprint density at radius 2 is 1.68 bits per heavy atom. The minimum atomic E-state index is -0.703. The molecule has 0 aromatic heterocycles. The maximum absolute atomic E-state index is 11.6. The molecule has 2 unspecified atom stereocenters. The van der Waals surface area contributed by atoms with Crippen LogP contribution in [0.1, 0.15) is 77.6 Å². The van der Waals surface area contributed by atoms with Gasteiger partial charge in [-0.1, -0.05) is 45.4 Å². The minimum Gasteiger partial charge on any atom is -0.481 e. The Labute approximate surface area is 133 Å². The number of hydrogen-bond acceptors (Lipinski definition) is 3. The van der Waals surface area contributed by atoms with E-state index in [1.807, 2.05) is 6.08 Å². The number of allylic oxidation sites excluding steroid dienone is 1. The molecule has 0 amide bonds. The summed E-state index contributed by atoms with van der Waals surface area (Å²) in [5.41, 5.74) is 0. The van der Waals surface area contributed by atoms with E-state index >= 15 is 0 Å². The Hall–Kier alpha value is -1.16. The third-order valence-electron chi connectivity index (χ3n) is 4.00. The third kappa shape index (κ3) is 9.72. The molecule has 0 aromatic rings. The maximum Gasteiger partial charge on any atom is 0.303 e. The van der Waals surface area contributed by atoms with E-state index in [1.54, 1.807) is 6.08 Å². The van der Waals surface area contributed by atoms with Crippen LogP contribution in [0.15, 0.2) is 12.2 Å². The zero-order chi connectivity index (χ0) is 16.2. The molecule has 1 aliphatic heterocycles. The lowest BCUT2D eigenvalue weighted by Crippen LogP contribution is -1.96. The molecule has 1 fully saturated rings. The van der Waals surface area contributed by atoms with Crippen LogP contribution >= 0.6 is 0 Å². The highest BCUT2D eigenvalue weighted by Crippen LogP contribution is 2.28.